The Labute approximate surface area is 61.1 Å². The van der Waals surface area contributed by atoms with E-state index < -0.39 is 0 Å². The quantitative estimate of drug-likeness (QED) is 0.558. The van der Waals surface area contributed by atoms with Crippen LogP contribution in [0.15, 0.2) is 10.7 Å². The van der Waals surface area contributed by atoms with Gasteiger partial charge in [-0.05, 0) is 17.9 Å². The van der Waals surface area contributed by atoms with Crippen LogP contribution in [0.1, 0.15) is 20.3 Å². The average molecular weight is 146 g/mol. The summed E-state index contributed by atoms with van der Waals surface area (Å²) in [5.41, 5.74) is 1.37. The molecule has 0 saturated carbocycles. The van der Waals surface area contributed by atoms with Gasteiger partial charge < -0.3 is 5.32 Å². The zero-order chi connectivity index (χ0) is 6.85. The number of hydrogen-bond acceptors (Lipinski definition) is 1. The van der Waals surface area contributed by atoms with Gasteiger partial charge in [-0.15, -0.1) is 0 Å². The van der Waals surface area contributed by atoms with Crippen LogP contribution in [0.2, 0.25) is 0 Å². The molecule has 1 heterocycles. The number of halogens is 1. The molecular weight excluding hydrogens is 134 g/mol. The van der Waals surface area contributed by atoms with Gasteiger partial charge in [-0.1, -0.05) is 25.4 Å². The van der Waals surface area contributed by atoms with Gasteiger partial charge >= 0.3 is 0 Å². The van der Waals surface area contributed by atoms with Crippen molar-refractivity contribution in [3.63, 3.8) is 0 Å². The zero-order valence-corrected chi connectivity index (χ0v) is 6.63. The summed E-state index contributed by atoms with van der Waals surface area (Å²) in [6.45, 7) is 5.36. The first-order valence-corrected chi connectivity index (χ1v) is 3.72. The molecule has 1 aliphatic heterocycles. The van der Waals surface area contributed by atoms with Crippen molar-refractivity contribution < 1.29 is 0 Å². The van der Waals surface area contributed by atoms with Gasteiger partial charge in [-0.3, -0.25) is 0 Å². The second kappa shape index (κ2) is 2.61. The van der Waals surface area contributed by atoms with E-state index in [9.17, 15) is 0 Å². The number of nitrogens with one attached hydrogen (secondary N) is 1. The van der Waals surface area contributed by atoms with E-state index >= 15 is 0 Å². The fraction of sp³-hybridized carbons (Fsp3) is 0.714. The maximum Gasteiger partial charge on any atom is 0.101 e. The van der Waals surface area contributed by atoms with Crippen LogP contribution in [0, 0.1) is 5.92 Å². The minimum absolute atomic E-state index is 0.604. The second-order valence-electron chi connectivity index (χ2n) is 2.67. The van der Waals surface area contributed by atoms with Crippen LogP contribution < -0.4 is 5.32 Å². The highest BCUT2D eigenvalue weighted by Gasteiger charge is 2.13. The normalized spacial score (nSPS) is 19.1. The van der Waals surface area contributed by atoms with Crippen LogP contribution in [0.5, 0.6) is 0 Å². The van der Waals surface area contributed by atoms with Crippen LogP contribution in [0.4, 0.5) is 0 Å². The molecule has 0 aromatic carbocycles. The van der Waals surface area contributed by atoms with E-state index in [1.807, 2.05) is 0 Å². The Morgan fingerprint density at radius 3 is 2.44 bits per heavy atom. The standard InChI is InChI=1S/C7H12ClN/c1-5(2)6-3-4-9-7(6)8/h5,9H,3-4H2,1-2H3. The predicted octanol–water partition coefficient (Wildman–Crippen LogP) is 2.09. The van der Waals surface area contributed by atoms with Crippen LogP contribution >= 0.6 is 11.6 Å². The number of hydrogen-bond donors (Lipinski definition) is 1. The van der Waals surface area contributed by atoms with Gasteiger partial charge in [-0.25, -0.2) is 0 Å². The lowest BCUT2D eigenvalue weighted by Gasteiger charge is -2.03. The van der Waals surface area contributed by atoms with Crippen molar-refractivity contribution in [1.82, 2.24) is 5.32 Å². The minimum Gasteiger partial charge on any atom is -0.376 e. The lowest BCUT2D eigenvalue weighted by molar-refractivity contribution is 0.736. The van der Waals surface area contributed by atoms with Crippen molar-refractivity contribution in [3.8, 4) is 0 Å². The van der Waals surface area contributed by atoms with Gasteiger partial charge in [0, 0.05) is 6.54 Å². The molecule has 52 valence electrons. The Kier molecular flexibility index (Phi) is 2.01. The Morgan fingerprint density at radius 2 is 2.22 bits per heavy atom. The molecule has 0 unspecified atom stereocenters. The molecule has 0 amide bonds. The molecule has 0 aliphatic carbocycles. The highest BCUT2D eigenvalue weighted by Crippen LogP contribution is 2.23. The Balaban J connectivity index is 2.66. The Hall–Kier alpha value is -0.170. The molecule has 0 saturated heterocycles. The summed E-state index contributed by atoms with van der Waals surface area (Å²) in [5, 5.41) is 3.98. The van der Waals surface area contributed by atoms with Crippen LogP contribution in [-0.4, -0.2) is 6.54 Å². The molecule has 0 atom stereocenters. The smallest absolute Gasteiger partial charge is 0.101 e. The average Bonchev–Trinajstić information content (AvgIpc) is 2.13. The summed E-state index contributed by atoms with van der Waals surface area (Å²) in [4.78, 5) is 0. The molecule has 1 rings (SSSR count). The van der Waals surface area contributed by atoms with Crippen LogP contribution in [0.25, 0.3) is 0 Å². The van der Waals surface area contributed by atoms with E-state index in [2.05, 4.69) is 19.2 Å². The van der Waals surface area contributed by atoms with Crippen molar-refractivity contribution in [2.45, 2.75) is 20.3 Å². The fourth-order valence-electron chi connectivity index (χ4n) is 1.07. The zero-order valence-electron chi connectivity index (χ0n) is 5.87. The third kappa shape index (κ3) is 1.39. The molecule has 0 bridgehead atoms. The monoisotopic (exact) mass is 145 g/mol. The highest BCUT2D eigenvalue weighted by molar-refractivity contribution is 6.29. The Bertz CT molecular complexity index is 138. The first kappa shape index (κ1) is 6.94. The summed E-state index contributed by atoms with van der Waals surface area (Å²) in [6, 6.07) is 0. The van der Waals surface area contributed by atoms with Crippen molar-refractivity contribution in [1.29, 1.82) is 0 Å². The van der Waals surface area contributed by atoms with E-state index in [-0.39, 0.29) is 0 Å². The van der Waals surface area contributed by atoms with E-state index in [4.69, 9.17) is 11.6 Å². The lowest BCUT2D eigenvalue weighted by Crippen LogP contribution is -2.01. The third-order valence-corrected chi connectivity index (χ3v) is 2.03. The van der Waals surface area contributed by atoms with E-state index in [1.54, 1.807) is 0 Å². The summed E-state index contributed by atoms with van der Waals surface area (Å²) in [6.07, 6.45) is 1.12. The molecule has 0 radical (unpaired) electrons. The van der Waals surface area contributed by atoms with E-state index in [1.165, 1.54) is 5.57 Å². The molecular formula is C7H12ClN. The molecule has 9 heavy (non-hydrogen) atoms. The first-order valence-electron chi connectivity index (χ1n) is 3.34. The van der Waals surface area contributed by atoms with Gasteiger partial charge in [0.1, 0.15) is 5.16 Å². The van der Waals surface area contributed by atoms with Crippen molar-refractivity contribution in [2.24, 2.45) is 5.92 Å². The molecule has 0 spiro atoms. The molecule has 0 aromatic rings. The van der Waals surface area contributed by atoms with Gasteiger partial charge in [0.2, 0.25) is 0 Å². The molecule has 1 nitrogen and oxygen atoms in total. The topological polar surface area (TPSA) is 12.0 Å². The minimum atomic E-state index is 0.604. The maximum absolute atomic E-state index is 5.84. The van der Waals surface area contributed by atoms with Crippen molar-refractivity contribution in [2.75, 3.05) is 6.54 Å². The van der Waals surface area contributed by atoms with E-state index in [0.717, 1.165) is 18.1 Å². The van der Waals surface area contributed by atoms with Crippen LogP contribution in [0.3, 0.4) is 0 Å². The van der Waals surface area contributed by atoms with Crippen molar-refractivity contribution >= 4 is 11.6 Å². The SMILES string of the molecule is CC(C)C1=C(Cl)NCC1. The summed E-state index contributed by atoms with van der Waals surface area (Å²) < 4.78 is 0. The lowest BCUT2D eigenvalue weighted by atomic mass is 10.0. The molecule has 1 N–H and O–H groups in total. The molecule has 0 aromatic heterocycles. The molecule has 0 fully saturated rings. The van der Waals surface area contributed by atoms with Gasteiger partial charge in [0.05, 0.1) is 0 Å². The first-order chi connectivity index (χ1) is 4.22. The third-order valence-electron chi connectivity index (χ3n) is 1.65. The highest BCUT2D eigenvalue weighted by atomic mass is 35.5. The van der Waals surface area contributed by atoms with E-state index in [0.29, 0.717) is 5.92 Å². The van der Waals surface area contributed by atoms with Gasteiger partial charge in [-0.2, -0.15) is 0 Å². The maximum atomic E-state index is 5.84. The van der Waals surface area contributed by atoms with Gasteiger partial charge in [0.15, 0.2) is 0 Å². The summed E-state index contributed by atoms with van der Waals surface area (Å²) in [5.74, 6) is 0.604. The summed E-state index contributed by atoms with van der Waals surface area (Å²) >= 11 is 5.84. The largest absolute Gasteiger partial charge is 0.376 e. The van der Waals surface area contributed by atoms with Gasteiger partial charge in [0.25, 0.3) is 0 Å². The van der Waals surface area contributed by atoms with Crippen LogP contribution in [-0.2, 0) is 0 Å². The molecule has 2 heteroatoms. The molecule has 1 aliphatic rings. The van der Waals surface area contributed by atoms with Crippen molar-refractivity contribution in [3.05, 3.63) is 10.7 Å². The second-order valence-corrected chi connectivity index (χ2v) is 3.05. The summed E-state index contributed by atoms with van der Waals surface area (Å²) in [7, 11) is 0. The predicted molar refractivity (Wildman–Crippen MR) is 40.3 cm³/mol. The Morgan fingerprint density at radius 1 is 1.56 bits per heavy atom. The number of rotatable bonds is 1. The fourth-order valence-corrected chi connectivity index (χ4v) is 1.48.